The molecule has 6 nitrogen and oxygen atoms in total. The Labute approximate surface area is 157 Å². The van der Waals surface area contributed by atoms with Crippen LogP contribution in [0.1, 0.15) is 17.0 Å². The van der Waals surface area contributed by atoms with Crippen molar-refractivity contribution < 1.29 is 18.8 Å². The highest BCUT2D eigenvalue weighted by Gasteiger charge is 2.33. The summed E-state index contributed by atoms with van der Waals surface area (Å²) in [5, 5.41) is 2.10. The van der Waals surface area contributed by atoms with Crippen LogP contribution in [0.15, 0.2) is 34.3 Å². The largest absolute Gasteiger partial charge is 0.331 e. The van der Waals surface area contributed by atoms with Crippen molar-refractivity contribution in [3.05, 3.63) is 57.1 Å². The zero-order valence-electron chi connectivity index (χ0n) is 14.3. The van der Waals surface area contributed by atoms with Gasteiger partial charge in [-0.05, 0) is 49.8 Å². The van der Waals surface area contributed by atoms with Gasteiger partial charge in [0.2, 0.25) is 0 Å². The Morgan fingerprint density at radius 3 is 2.50 bits per heavy atom. The maximum atomic E-state index is 14.4. The second-order valence-corrected chi connectivity index (χ2v) is 6.85. The molecule has 2 aromatic rings. The Kier molecular flexibility index (Phi) is 4.53. The molecule has 1 aliphatic heterocycles. The number of nitrogens with zero attached hydrogens (tertiary/aromatic N) is 2. The molecule has 1 fully saturated rings. The monoisotopic (exact) mass is 419 g/mol. The van der Waals surface area contributed by atoms with E-state index in [1.165, 1.54) is 19.2 Å². The molecule has 0 unspecified atom stereocenters. The van der Waals surface area contributed by atoms with Crippen LogP contribution in [-0.4, -0.2) is 34.4 Å². The van der Waals surface area contributed by atoms with E-state index in [-0.39, 0.29) is 5.57 Å². The third-order valence-electron chi connectivity index (χ3n) is 4.23. The van der Waals surface area contributed by atoms with Gasteiger partial charge in [-0.1, -0.05) is 15.9 Å². The summed E-state index contributed by atoms with van der Waals surface area (Å²) in [6.07, 6.45) is 1.41. The summed E-state index contributed by atoms with van der Waals surface area (Å²) in [6, 6.07) is 5.72. The summed E-state index contributed by atoms with van der Waals surface area (Å²) in [6.45, 7) is 3.57. The zero-order valence-corrected chi connectivity index (χ0v) is 15.8. The summed E-state index contributed by atoms with van der Waals surface area (Å²) in [5.41, 5.74) is 2.20. The van der Waals surface area contributed by atoms with Crippen LogP contribution in [-0.2, 0) is 9.59 Å². The van der Waals surface area contributed by atoms with Crippen LogP contribution < -0.4 is 5.32 Å². The van der Waals surface area contributed by atoms with Crippen LogP contribution in [0.2, 0.25) is 0 Å². The third-order valence-corrected chi connectivity index (χ3v) is 4.72. The number of benzene rings is 1. The number of rotatable bonds is 2. The van der Waals surface area contributed by atoms with Crippen molar-refractivity contribution in [1.82, 2.24) is 14.8 Å². The first-order chi connectivity index (χ1) is 12.2. The highest BCUT2D eigenvalue weighted by atomic mass is 79.9. The SMILES string of the molecule is Cc1cc(C=C2C(=O)NC(=O)N(C)C2=O)c(C)n1-c1ccc(Br)cc1F. The Morgan fingerprint density at radius 2 is 1.85 bits per heavy atom. The van der Waals surface area contributed by atoms with E-state index in [4.69, 9.17) is 0 Å². The van der Waals surface area contributed by atoms with Crippen molar-refractivity contribution in [2.45, 2.75) is 13.8 Å². The fourth-order valence-corrected chi connectivity index (χ4v) is 3.20. The number of amides is 4. The van der Waals surface area contributed by atoms with Crippen molar-refractivity contribution in [1.29, 1.82) is 0 Å². The standard InChI is InChI=1S/C18H15BrFN3O3/c1-9-6-11(7-13-16(24)21-18(26)22(3)17(13)25)10(2)23(9)15-5-4-12(19)8-14(15)20/h4-8H,1-3H3,(H,21,24,26). The van der Waals surface area contributed by atoms with E-state index in [1.807, 2.05) is 0 Å². The minimum Gasteiger partial charge on any atom is -0.315 e. The van der Waals surface area contributed by atoms with Crippen molar-refractivity contribution in [2.75, 3.05) is 7.05 Å². The summed E-state index contributed by atoms with van der Waals surface area (Å²) < 4.78 is 16.7. The quantitative estimate of drug-likeness (QED) is 0.600. The minimum atomic E-state index is -0.764. The molecule has 4 amide bonds. The van der Waals surface area contributed by atoms with Crippen molar-refractivity contribution in [3.63, 3.8) is 0 Å². The third kappa shape index (κ3) is 2.96. The first kappa shape index (κ1) is 18.1. The van der Waals surface area contributed by atoms with Gasteiger partial charge in [0.05, 0.1) is 5.69 Å². The molecular formula is C18H15BrFN3O3. The van der Waals surface area contributed by atoms with Crippen LogP contribution in [0, 0.1) is 19.7 Å². The molecule has 0 bridgehead atoms. The molecule has 134 valence electrons. The molecule has 0 spiro atoms. The lowest BCUT2D eigenvalue weighted by atomic mass is 10.1. The van der Waals surface area contributed by atoms with Gasteiger partial charge in [-0.15, -0.1) is 0 Å². The number of halogens is 2. The van der Waals surface area contributed by atoms with Gasteiger partial charge in [-0.25, -0.2) is 9.18 Å². The number of aromatic nitrogens is 1. The molecule has 3 rings (SSSR count). The average Bonchev–Trinajstić information content (AvgIpc) is 2.84. The topological polar surface area (TPSA) is 71.4 Å². The number of urea groups is 1. The maximum Gasteiger partial charge on any atom is 0.331 e. The first-order valence-electron chi connectivity index (χ1n) is 7.70. The molecule has 0 atom stereocenters. The molecule has 2 heterocycles. The van der Waals surface area contributed by atoms with Crippen LogP contribution >= 0.6 is 15.9 Å². The maximum absolute atomic E-state index is 14.4. The predicted octanol–water partition coefficient (Wildman–Crippen LogP) is 3.09. The molecular weight excluding hydrogens is 405 g/mol. The molecule has 0 radical (unpaired) electrons. The van der Waals surface area contributed by atoms with E-state index in [9.17, 15) is 18.8 Å². The number of likely N-dealkylation sites (N-methyl/N-ethyl adjacent to an activating group) is 1. The molecule has 1 N–H and O–H groups in total. The molecule has 1 aromatic heterocycles. The van der Waals surface area contributed by atoms with Crippen molar-refractivity contribution >= 4 is 39.9 Å². The molecule has 1 saturated heterocycles. The number of carbonyl (C=O) groups excluding carboxylic acids is 3. The highest BCUT2D eigenvalue weighted by Crippen LogP contribution is 2.26. The summed E-state index contributed by atoms with van der Waals surface area (Å²) in [4.78, 5) is 36.5. The summed E-state index contributed by atoms with van der Waals surface area (Å²) in [7, 11) is 1.29. The number of hydrogen-bond acceptors (Lipinski definition) is 3. The van der Waals surface area contributed by atoms with Gasteiger partial charge in [0.1, 0.15) is 11.4 Å². The van der Waals surface area contributed by atoms with Gasteiger partial charge in [-0.2, -0.15) is 0 Å². The lowest BCUT2D eigenvalue weighted by molar-refractivity contribution is -0.129. The van der Waals surface area contributed by atoms with Gasteiger partial charge in [0, 0.05) is 22.9 Å². The predicted molar refractivity (Wildman–Crippen MR) is 97.2 cm³/mol. The smallest absolute Gasteiger partial charge is 0.315 e. The van der Waals surface area contributed by atoms with E-state index in [0.29, 0.717) is 21.4 Å². The van der Waals surface area contributed by atoms with Gasteiger partial charge < -0.3 is 4.57 Å². The van der Waals surface area contributed by atoms with E-state index in [2.05, 4.69) is 21.2 Å². The highest BCUT2D eigenvalue weighted by molar-refractivity contribution is 9.10. The normalized spacial score (nSPS) is 16.4. The second kappa shape index (κ2) is 6.53. The lowest BCUT2D eigenvalue weighted by Crippen LogP contribution is -2.52. The molecule has 0 aliphatic carbocycles. The Balaban J connectivity index is 2.10. The fourth-order valence-electron chi connectivity index (χ4n) is 2.87. The van der Waals surface area contributed by atoms with Crippen LogP contribution in [0.25, 0.3) is 11.8 Å². The number of hydrogen-bond donors (Lipinski definition) is 1. The summed E-state index contributed by atoms with van der Waals surface area (Å²) >= 11 is 3.23. The number of barbiturate groups is 1. The molecule has 1 aliphatic rings. The van der Waals surface area contributed by atoms with E-state index in [1.54, 1.807) is 36.6 Å². The lowest BCUT2D eigenvalue weighted by Gasteiger charge is -2.22. The van der Waals surface area contributed by atoms with Crippen LogP contribution in [0.4, 0.5) is 9.18 Å². The van der Waals surface area contributed by atoms with Crippen LogP contribution in [0.5, 0.6) is 0 Å². The van der Waals surface area contributed by atoms with E-state index >= 15 is 0 Å². The van der Waals surface area contributed by atoms with Crippen molar-refractivity contribution in [2.24, 2.45) is 0 Å². The molecule has 0 saturated carbocycles. The van der Waals surface area contributed by atoms with Gasteiger partial charge in [0.25, 0.3) is 11.8 Å². The number of nitrogens with one attached hydrogen (secondary N) is 1. The zero-order chi connectivity index (χ0) is 19.2. The van der Waals surface area contributed by atoms with Gasteiger partial charge >= 0.3 is 6.03 Å². The van der Waals surface area contributed by atoms with Gasteiger partial charge in [0.15, 0.2) is 0 Å². The number of carbonyl (C=O) groups is 3. The van der Waals surface area contributed by atoms with E-state index in [0.717, 1.165) is 10.6 Å². The Bertz CT molecular complexity index is 994. The Hall–Kier alpha value is -2.74. The number of imide groups is 2. The molecule has 1 aromatic carbocycles. The average molecular weight is 420 g/mol. The van der Waals surface area contributed by atoms with Crippen LogP contribution in [0.3, 0.4) is 0 Å². The fraction of sp³-hybridized carbons (Fsp3) is 0.167. The first-order valence-corrected chi connectivity index (χ1v) is 8.49. The Morgan fingerprint density at radius 1 is 1.15 bits per heavy atom. The molecule has 26 heavy (non-hydrogen) atoms. The summed E-state index contributed by atoms with van der Waals surface area (Å²) in [5.74, 6) is -1.84. The van der Waals surface area contributed by atoms with Crippen molar-refractivity contribution in [3.8, 4) is 5.69 Å². The molecule has 8 heteroatoms. The second-order valence-electron chi connectivity index (χ2n) is 5.94. The number of aryl methyl sites for hydroxylation is 1. The van der Waals surface area contributed by atoms with Gasteiger partial charge in [-0.3, -0.25) is 19.8 Å². The van der Waals surface area contributed by atoms with E-state index < -0.39 is 23.7 Å². The minimum absolute atomic E-state index is 0.149.